The van der Waals surface area contributed by atoms with Crippen molar-refractivity contribution in [3.63, 3.8) is 0 Å². The number of alkyl halides is 3. The summed E-state index contributed by atoms with van der Waals surface area (Å²) in [5.74, 6) is -0.401. The van der Waals surface area contributed by atoms with Crippen molar-refractivity contribution in [3.05, 3.63) is 18.1 Å². The Bertz CT molecular complexity index is 497. The summed E-state index contributed by atoms with van der Waals surface area (Å²) in [6, 6.07) is 0. The van der Waals surface area contributed by atoms with Crippen molar-refractivity contribution < 1.29 is 18.0 Å². The van der Waals surface area contributed by atoms with Crippen molar-refractivity contribution in [1.29, 1.82) is 0 Å². The zero-order chi connectivity index (χ0) is 14.3. The van der Waals surface area contributed by atoms with E-state index >= 15 is 0 Å². The average molecular weight is 274 g/mol. The van der Waals surface area contributed by atoms with Crippen LogP contribution >= 0.6 is 0 Å². The molecule has 2 heterocycles. The zero-order valence-electron chi connectivity index (χ0n) is 10.2. The van der Waals surface area contributed by atoms with Gasteiger partial charge in [-0.15, -0.1) is 0 Å². The van der Waals surface area contributed by atoms with Crippen LogP contribution in [0.2, 0.25) is 0 Å². The van der Waals surface area contributed by atoms with E-state index in [0.29, 0.717) is 0 Å². The summed E-state index contributed by atoms with van der Waals surface area (Å²) in [4.78, 5) is 20.7. The molecule has 0 saturated carbocycles. The molecule has 0 aromatic carbocycles. The molecule has 2 rings (SSSR count). The third kappa shape index (κ3) is 2.94. The van der Waals surface area contributed by atoms with E-state index in [4.69, 9.17) is 5.73 Å². The van der Waals surface area contributed by atoms with E-state index in [2.05, 4.69) is 9.97 Å². The highest BCUT2D eigenvalue weighted by Crippen LogP contribution is 2.40. The largest absolute Gasteiger partial charge is 0.389 e. The van der Waals surface area contributed by atoms with E-state index in [1.165, 1.54) is 24.3 Å². The lowest BCUT2D eigenvalue weighted by atomic mass is 9.78. The second-order valence-electron chi connectivity index (χ2n) is 5.09. The van der Waals surface area contributed by atoms with Crippen LogP contribution in [-0.2, 0) is 0 Å². The lowest BCUT2D eigenvalue weighted by molar-refractivity contribution is -0.172. The fraction of sp³-hybridized carbons (Fsp3) is 0.545. The molecule has 0 aliphatic carbocycles. The number of halogens is 3. The third-order valence-electron chi connectivity index (χ3n) is 3.03. The van der Waals surface area contributed by atoms with Crippen LogP contribution in [0, 0.1) is 5.41 Å². The van der Waals surface area contributed by atoms with Crippen LogP contribution in [0.25, 0.3) is 0 Å². The summed E-state index contributed by atoms with van der Waals surface area (Å²) in [7, 11) is 0. The van der Waals surface area contributed by atoms with Crippen LogP contribution in [-0.4, -0.2) is 40.0 Å². The average Bonchev–Trinajstić information content (AvgIpc) is 2.23. The third-order valence-corrected chi connectivity index (χ3v) is 3.03. The maximum absolute atomic E-state index is 12.3. The molecular weight excluding hydrogens is 261 g/mol. The number of carbonyl (C=O) groups excluding carboxylic acids is 1. The minimum atomic E-state index is -4.22. The minimum absolute atomic E-state index is 0.0319. The normalized spacial score (nSPS) is 18.0. The summed E-state index contributed by atoms with van der Waals surface area (Å²) in [6.45, 7) is 1.62. The number of hydrogen-bond acceptors (Lipinski definition) is 4. The molecule has 1 aliphatic heterocycles. The molecule has 0 radical (unpaired) electrons. The lowest BCUT2D eigenvalue weighted by Crippen LogP contribution is -2.58. The van der Waals surface area contributed by atoms with Gasteiger partial charge in [-0.25, -0.2) is 9.97 Å². The fourth-order valence-corrected chi connectivity index (χ4v) is 2.29. The molecule has 1 saturated heterocycles. The number of rotatable bonds is 2. The van der Waals surface area contributed by atoms with Crippen molar-refractivity contribution in [2.45, 2.75) is 19.5 Å². The molecule has 0 bridgehead atoms. The fourth-order valence-electron chi connectivity index (χ4n) is 2.29. The number of likely N-dealkylation sites (tertiary alicyclic amines) is 1. The highest BCUT2D eigenvalue weighted by Gasteiger charge is 2.48. The Morgan fingerprint density at radius 1 is 1.53 bits per heavy atom. The molecule has 1 aromatic rings. The van der Waals surface area contributed by atoms with Crippen LogP contribution in [0.15, 0.2) is 12.5 Å². The minimum Gasteiger partial charge on any atom is -0.383 e. The van der Waals surface area contributed by atoms with Gasteiger partial charge in [-0.3, -0.25) is 4.79 Å². The summed E-state index contributed by atoms with van der Waals surface area (Å²) < 4.78 is 37.0. The van der Waals surface area contributed by atoms with Crippen LogP contribution < -0.4 is 5.73 Å². The number of aromatic nitrogens is 2. The molecule has 1 amide bonds. The van der Waals surface area contributed by atoms with E-state index in [1.807, 2.05) is 0 Å². The van der Waals surface area contributed by atoms with Crippen molar-refractivity contribution in [1.82, 2.24) is 14.9 Å². The van der Waals surface area contributed by atoms with Gasteiger partial charge in [-0.1, -0.05) is 6.92 Å². The highest BCUT2D eigenvalue weighted by atomic mass is 19.4. The number of anilines is 1. The number of nitrogen functional groups attached to an aromatic ring is 1. The first-order valence-electron chi connectivity index (χ1n) is 5.62. The Balaban J connectivity index is 2.01. The van der Waals surface area contributed by atoms with E-state index < -0.39 is 23.9 Å². The van der Waals surface area contributed by atoms with Gasteiger partial charge in [-0.05, 0) is 0 Å². The van der Waals surface area contributed by atoms with Gasteiger partial charge in [0, 0.05) is 24.7 Å². The Morgan fingerprint density at radius 2 is 2.16 bits per heavy atom. The second-order valence-corrected chi connectivity index (χ2v) is 5.09. The van der Waals surface area contributed by atoms with Crippen molar-refractivity contribution in [2.24, 2.45) is 5.41 Å². The molecule has 19 heavy (non-hydrogen) atoms. The number of hydrogen-bond donors (Lipinski definition) is 1. The SMILES string of the molecule is CC1(CC(F)(F)F)CN(C(=O)c2cncnc2N)C1. The van der Waals surface area contributed by atoms with Gasteiger partial charge in [0.25, 0.3) is 5.91 Å². The van der Waals surface area contributed by atoms with Crippen molar-refractivity contribution in [2.75, 3.05) is 18.8 Å². The van der Waals surface area contributed by atoms with Crippen LogP contribution in [0.1, 0.15) is 23.7 Å². The molecule has 0 atom stereocenters. The number of nitrogens with zero attached hydrogens (tertiary/aromatic N) is 3. The van der Waals surface area contributed by atoms with Crippen LogP contribution in [0.5, 0.6) is 0 Å². The summed E-state index contributed by atoms with van der Waals surface area (Å²) >= 11 is 0. The molecule has 0 spiro atoms. The Labute approximate surface area is 107 Å². The zero-order valence-corrected chi connectivity index (χ0v) is 10.2. The molecule has 1 aliphatic rings. The van der Waals surface area contributed by atoms with Gasteiger partial charge in [-0.2, -0.15) is 13.2 Å². The van der Waals surface area contributed by atoms with Crippen molar-refractivity contribution >= 4 is 11.7 Å². The molecule has 1 aromatic heterocycles. The Kier molecular flexibility index (Phi) is 3.11. The predicted molar refractivity (Wildman–Crippen MR) is 61.1 cm³/mol. The van der Waals surface area contributed by atoms with Gasteiger partial charge in [0.2, 0.25) is 0 Å². The summed E-state index contributed by atoms with van der Waals surface area (Å²) in [5, 5.41) is 0. The van der Waals surface area contributed by atoms with Crippen molar-refractivity contribution in [3.8, 4) is 0 Å². The molecule has 104 valence electrons. The first kappa shape index (κ1) is 13.6. The smallest absolute Gasteiger partial charge is 0.383 e. The standard InChI is InChI=1S/C11H13F3N4O/c1-10(3-11(12,13)14)4-18(5-10)9(19)7-2-16-6-17-8(7)15/h2,6H,3-5H2,1H3,(H2,15,16,17). The number of carbonyl (C=O) groups is 1. The van der Waals surface area contributed by atoms with Gasteiger partial charge in [0.1, 0.15) is 12.1 Å². The molecule has 2 N–H and O–H groups in total. The molecule has 1 fully saturated rings. The highest BCUT2D eigenvalue weighted by molar-refractivity contribution is 5.98. The first-order valence-corrected chi connectivity index (χ1v) is 5.62. The Hall–Kier alpha value is -1.86. The summed E-state index contributed by atoms with van der Waals surface area (Å²) in [6.07, 6.45) is -2.65. The molecule has 0 unspecified atom stereocenters. The maximum atomic E-state index is 12.3. The van der Waals surface area contributed by atoms with Gasteiger partial charge in [0.05, 0.1) is 12.0 Å². The second kappa shape index (κ2) is 4.36. The van der Waals surface area contributed by atoms with E-state index in [0.717, 1.165) is 0 Å². The maximum Gasteiger partial charge on any atom is 0.389 e. The quantitative estimate of drug-likeness (QED) is 0.886. The van der Waals surface area contributed by atoms with E-state index in [9.17, 15) is 18.0 Å². The van der Waals surface area contributed by atoms with E-state index in [1.54, 1.807) is 0 Å². The number of nitrogens with two attached hydrogens (primary N) is 1. The molecule has 5 nitrogen and oxygen atoms in total. The van der Waals surface area contributed by atoms with Gasteiger partial charge >= 0.3 is 6.18 Å². The van der Waals surface area contributed by atoms with Crippen LogP contribution in [0.4, 0.5) is 19.0 Å². The summed E-state index contributed by atoms with van der Waals surface area (Å²) in [5.41, 5.74) is 4.73. The topological polar surface area (TPSA) is 72.1 Å². The molecule has 8 heteroatoms. The van der Waals surface area contributed by atoms with E-state index in [-0.39, 0.29) is 24.5 Å². The lowest BCUT2D eigenvalue weighted by Gasteiger charge is -2.48. The Morgan fingerprint density at radius 3 is 2.68 bits per heavy atom. The first-order chi connectivity index (χ1) is 8.70. The molecular formula is C11H13F3N4O. The number of amides is 1. The predicted octanol–water partition coefficient (Wildman–Crippen LogP) is 1.47. The van der Waals surface area contributed by atoms with Crippen LogP contribution in [0.3, 0.4) is 0 Å². The van der Waals surface area contributed by atoms with Gasteiger partial charge in [0.15, 0.2) is 0 Å². The monoisotopic (exact) mass is 274 g/mol. The van der Waals surface area contributed by atoms with Gasteiger partial charge < -0.3 is 10.6 Å².